The number of hydrogen-bond donors (Lipinski definition) is 2. The maximum absolute atomic E-state index is 15.7. The minimum atomic E-state index is -5.28. The standard InChI is InChI=1S/C52H52F6N8O7S2/c1-29-44(75-28-62-29)31-11-9-30(10-12-31)25-61-46(68)38-8-7-17-64(38)47(69)45(50(2,3)4)63-40(67)27-72-19-18-71-20-21-73-39-16-14-32(22-35(39)53)43-36(54)23-34(26-60-43)66-49(74)65(48(70)51(66,5)6)37-15-13-33(24-59)41(42(37)55)52(56,57)58/h9-16,22-23,26,28,38,45H,7-8,17-21,25,27H2,1-6H3,(H,61,68)(H,63,67). The monoisotopic (exact) mass is 1080 g/mol. The molecule has 2 aliphatic heterocycles. The van der Waals surface area contributed by atoms with Crippen molar-refractivity contribution >= 4 is 63.7 Å². The third kappa shape index (κ3) is 12.3. The summed E-state index contributed by atoms with van der Waals surface area (Å²) in [4.78, 5) is 66.6. The number of ether oxygens (including phenoxy) is 3. The molecule has 4 heterocycles. The first-order valence-electron chi connectivity index (χ1n) is 23.5. The van der Waals surface area contributed by atoms with Gasteiger partial charge in [-0.15, -0.1) is 11.3 Å². The van der Waals surface area contributed by atoms with E-state index in [0.717, 1.165) is 57.1 Å². The van der Waals surface area contributed by atoms with Crippen LogP contribution in [0.4, 0.5) is 37.7 Å². The number of thiazole rings is 1. The van der Waals surface area contributed by atoms with Crippen molar-refractivity contribution in [3.05, 3.63) is 112 Å². The van der Waals surface area contributed by atoms with Gasteiger partial charge >= 0.3 is 6.18 Å². The third-order valence-electron chi connectivity index (χ3n) is 12.5. The molecule has 0 saturated carbocycles. The summed E-state index contributed by atoms with van der Waals surface area (Å²) in [5.41, 5.74) is -1.84. The molecule has 396 valence electrons. The van der Waals surface area contributed by atoms with E-state index in [0.29, 0.717) is 24.3 Å². The lowest BCUT2D eigenvalue weighted by atomic mass is 9.85. The molecule has 0 aliphatic carbocycles. The Balaban J connectivity index is 0.849. The zero-order valence-corrected chi connectivity index (χ0v) is 43.2. The number of aromatic nitrogens is 2. The van der Waals surface area contributed by atoms with Crippen LogP contribution in [0.15, 0.2) is 72.4 Å². The van der Waals surface area contributed by atoms with E-state index in [-0.39, 0.29) is 74.1 Å². The van der Waals surface area contributed by atoms with Crippen LogP contribution in [0.2, 0.25) is 0 Å². The van der Waals surface area contributed by atoms with E-state index < -0.39 is 80.4 Å². The molecule has 75 heavy (non-hydrogen) atoms. The molecule has 2 aromatic heterocycles. The fourth-order valence-electron chi connectivity index (χ4n) is 8.65. The van der Waals surface area contributed by atoms with Gasteiger partial charge in [0.1, 0.15) is 42.1 Å². The zero-order valence-electron chi connectivity index (χ0n) is 41.6. The number of thiocarbonyl (C=S) groups is 1. The molecular formula is C52H52F6N8O7S2. The fourth-order valence-corrected chi connectivity index (χ4v) is 9.98. The van der Waals surface area contributed by atoms with E-state index in [9.17, 15) is 32.3 Å². The average molecular weight is 1080 g/mol. The van der Waals surface area contributed by atoms with E-state index >= 15 is 13.2 Å². The minimum absolute atomic E-state index is 0.000404. The minimum Gasteiger partial charge on any atom is -0.488 e. The summed E-state index contributed by atoms with van der Waals surface area (Å²) in [6.07, 6.45) is -3.05. The number of nitrogens with one attached hydrogen (secondary N) is 2. The maximum Gasteiger partial charge on any atom is 0.420 e. The number of carbonyl (C=O) groups is 4. The average Bonchev–Trinajstić information content (AvgIpc) is 4.07. The topological polar surface area (TPSA) is 179 Å². The smallest absolute Gasteiger partial charge is 0.420 e. The second-order valence-electron chi connectivity index (χ2n) is 19.2. The number of aryl methyl sites for hydroxylation is 1. The molecular weight excluding hydrogens is 1030 g/mol. The molecule has 3 aromatic carbocycles. The lowest BCUT2D eigenvalue weighted by Crippen LogP contribution is -2.58. The predicted octanol–water partition coefficient (Wildman–Crippen LogP) is 8.66. The Morgan fingerprint density at radius 3 is 2.28 bits per heavy atom. The van der Waals surface area contributed by atoms with Crippen molar-refractivity contribution < 1.29 is 59.7 Å². The first-order valence-corrected chi connectivity index (χ1v) is 24.8. The molecule has 7 rings (SSSR count). The van der Waals surface area contributed by atoms with Gasteiger partial charge in [0.25, 0.3) is 5.91 Å². The summed E-state index contributed by atoms with van der Waals surface area (Å²) < 4.78 is 104. The van der Waals surface area contributed by atoms with Crippen molar-refractivity contribution in [1.29, 1.82) is 5.26 Å². The molecule has 2 N–H and O–H groups in total. The first kappa shape index (κ1) is 55.7. The second kappa shape index (κ2) is 22.9. The summed E-state index contributed by atoms with van der Waals surface area (Å²) in [6.45, 7) is 10.3. The highest BCUT2D eigenvalue weighted by Gasteiger charge is 2.52. The Morgan fingerprint density at radius 1 is 0.947 bits per heavy atom. The normalized spacial score (nSPS) is 16.0. The highest BCUT2D eigenvalue weighted by atomic mass is 32.1. The predicted molar refractivity (Wildman–Crippen MR) is 270 cm³/mol. The summed E-state index contributed by atoms with van der Waals surface area (Å²) in [5.74, 6) is -6.06. The number of nitrogens with zero attached hydrogens (tertiary/aromatic N) is 6. The molecule has 15 nitrogen and oxygen atoms in total. The molecule has 0 radical (unpaired) electrons. The quantitative estimate of drug-likeness (QED) is 0.0486. The number of carbonyl (C=O) groups excluding carboxylic acids is 4. The van der Waals surface area contributed by atoms with E-state index in [1.165, 1.54) is 36.9 Å². The number of hydrogen-bond acceptors (Lipinski definition) is 12. The largest absolute Gasteiger partial charge is 0.488 e. The number of halogens is 6. The SMILES string of the molecule is Cc1ncsc1-c1ccc(CNC(=O)C2CCCN2C(=O)C(NC(=O)COCCOCCOc2ccc(-c3ncc(N4C(=S)N(c5ccc(C#N)c(C(F)(F)F)c5F)C(=O)C4(C)C)cc3F)cc2F)C(C)(C)C)cc1. The van der Waals surface area contributed by atoms with Crippen LogP contribution < -0.4 is 25.2 Å². The van der Waals surface area contributed by atoms with Gasteiger partial charge in [-0.25, -0.2) is 18.2 Å². The maximum atomic E-state index is 15.7. The molecule has 2 atom stereocenters. The first-order chi connectivity index (χ1) is 35.4. The highest BCUT2D eigenvalue weighted by Crippen LogP contribution is 2.42. The lowest BCUT2D eigenvalue weighted by molar-refractivity contribution is -0.144. The molecule has 2 aliphatic rings. The Kier molecular flexibility index (Phi) is 17.0. The van der Waals surface area contributed by atoms with Crippen molar-refractivity contribution in [2.75, 3.05) is 49.4 Å². The molecule has 0 bridgehead atoms. The highest BCUT2D eigenvalue weighted by molar-refractivity contribution is 7.81. The van der Waals surface area contributed by atoms with Crippen LogP contribution in [0, 0.1) is 41.1 Å². The van der Waals surface area contributed by atoms with Crippen molar-refractivity contribution in [2.24, 2.45) is 5.41 Å². The van der Waals surface area contributed by atoms with Gasteiger partial charge < -0.3 is 34.6 Å². The van der Waals surface area contributed by atoms with E-state index in [1.54, 1.807) is 16.8 Å². The number of likely N-dealkylation sites (tertiary alicyclic amines) is 1. The lowest BCUT2D eigenvalue weighted by Gasteiger charge is -2.35. The summed E-state index contributed by atoms with van der Waals surface area (Å²) in [7, 11) is 0. The third-order valence-corrected chi connectivity index (χ3v) is 13.8. The van der Waals surface area contributed by atoms with Gasteiger partial charge in [0.15, 0.2) is 28.3 Å². The number of benzene rings is 3. The van der Waals surface area contributed by atoms with Crippen LogP contribution in [0.1, 0.15) is 69.8 Å². The number of nitriles is 1. The van der Waals surface area contributed by atoms with Gasteiger partial charge in [-0.2, -0.15) is 18.4 Å². The van der Waals surface area contributed by atoms with E-state index in [2.05, 4.69) is 20.6 Å². The van der Waals surface area contributed by atoms with Crippen LogP contribution in [0.25, 0.3) is 21.7 Å². The van der Waals surface area contributed by atoms with Crippen LogP contribution in [0.5, 0.6) is 5.75 Å². The van der Waals surface area contributed by atoms with Crippen molar-refractivity contribution in [1.82, 2.24) is 25.5 Å². The van der Waals surface area contributed by atoms with Gasteiger partial charge in [0, 0.05) is 24.7 Å². The number of amides is 4. The van der Waals surface area contributed by atoms with E-state index in [4.69, 9.17) is 31.7 Å². The Hall–Kier alpha value is -7.00. The van der Waals surface area contributed by atoms with Gasteiger partial charge in [-0.3, -0.25) is 29.1 Å². The summed E-state index contributed by atoms with van der Waals surface area (Å²) >= 11 is 6.98. The van der Waals surface area contributed by atoms with Crippen molar-refractivity contribution in [2.45, 2.75) is 84.7 Å². The van der Waals surface area contributed by atoms with Crippen LogP contribution in [-0.2, 0) is 41.4 Å². The van der Waals surface area contributed by atoms with Crippen molar-refractivity contribution in [3.63, 3.8) is 0 Å². The Morgan fingerprint density at radius 2 is 1.64 bits per heavy atom. The molecule has 2 unspecified atom stereocenters. The molecule has 4 amide bonds. The summed E-state index contributed by atoms with van der Waals surface area (Å²) in [5, 5.41) is 14.4. The van der Waals surface area contributed by atoms with Crippen molar-refractivity contribution in [3.8, 4) is 33.5 Å². The zero-order chi connectivity index (χ0) is 54.6. The van der Waals surface area contributed by atoms with Crippen LogP contribution >= 0.6 is 23.6 Å². The molecule has 2 saturated heterocycles. The van der Waals surface area contributed by atoms with Crippen LogP contribution in [0.3, 0.4) is 0 Å². The van der Waals surface area contributed by atoms with Gasteiger partial charge in [-0.05, 0) is 92.7 Å². The Bertz CT molecular complexity index is 3030. The van der Waals surface area contributed by atoms with E-state index in [1.807, 2.05) is 52.0 Å². The molecule has 2 fully saturated rings. The molecule has 23 heteroatoms. The van der Waals surface area contributed by atoms with Crippen LogP contribution in [-0.4, -0.2) is 101 Å². The number of anilines is 2. The van der Waals surface area contributed by atoms with Gasteiger partial charge in [0.2, 0.25) is 17.7 Å². The fraction of sp³-hybridized carbons (Fsp3) is 0.385. The van der Waals surface area contributed by atoms with Gasteiger partial charge in [-0.1, -0.05) is 45.0 Å². The Labute approximate surface area is 437 Å². The molecule has 5 aromatic rings. The number of alkyl halides is 3. The summed E-state index contributed by atoms with van der Waals surface area (Å²) in [6, 6.07) is 13.6. The number of pyridine rings is 1. The second-order valence-corrected chi connectivity index (χ2v) is 20.4. The molecule has 0 spiro atoms. The number of rotatable bonds is 18. The van der Waals surface area contributed by atoms with Gasteiger partial charge in [0.05, 0.1) is 65.1 Å².